The van der Waals surface area contributed by atoms with Crippen LogP contribution in [0.25, 0.3) is 0 Å². The van der Waals surface area contributed by atoms with Crippen molar-refractivity contribution < 1.29 is 4.92 Å². The van der Waals surface area contributed by atoms with E-state index in [0.717, 1.165) is 27.7 Å². The Labute approximate surface area is 110 Å². The number of halogens is 2. The fourth-order valence-corrected chi connectivity index (χ4v) is 3.56. The monoisotopic (exact) mass is 348 g/mol. The molecule has 4 nitrogen and oxygen atoms in total. The topological polar surface area (TPSA) is 46.4 Å². The fourth-order valence-electron chi connectivity index (χ4n) is 1.90. The van der Waals surface area contributed by atoms with Crippen LogP contribution in [0.3, 0.4) is 0 Å². The number of benzene rings is 1. The van der Waals surface area contributed by atoms with Gasteiger partial charge in [-0.15, -0.1) is 0 Å². The summed E-state index contributed by atoms with van der Waals surface area (Å²) >= 11 is 6.80. The molecule has 1 aromatic carbocycles. The molecular weight excluding hydrogens is 340 g/mol. The first-order chi connectivity index (χ1) is 7.59. The number of rotatable bonds is 2. The summed E-state index contributed by atoms with van der Waals surface area (Å²) in [7, 11) is 0. The van der Waals surface area contributed by atoms with Crippen LogP contribution in [0.2, 0.25) is 0 Å². The van der Waals surface area contributed by atoms with Crippen LogP contribution < -0.4 is 4.90 Å². The van der Waals surface area contributed by atoms with Crippen molar-refractivity contribution in [2.24, 2.45) is 0 Å². The van der Waals surface area contributed by atoms with E-state index in [4.69, 9.17) is 0 Å². The second-order valence-electron chi connectivity index (χ2n) is 3.71. The number of nitro groups is 1. The van der Waals surface area contributed by atoms with Crippen LogP contribution in [0.1, 0.15) is 12.8 Å². The summed E-state index contributed by atoms with van der Waals surface area (Å²) in [4.78, 5) is 12.5. The summed E-state index contributed by atoms with van der Waals surface area (Å²) in [5, 5.41) is 10.7. The van der Waals surface area contributed by atoms with E-state index >= 15 is 0 Å². The van der Waals surface area contributed by atoms with Gasteiger partial charge in [0.05, 0.1) is 10.6 Å². The van der Waals surface area contributed by atoms with Gasteiger partial charge >= 0.3 is 0 Å². The average Bonchev–Trinajstić information content (AvgIpc) is 2.69. The lowest BCUT2D eigenvalue weighted by Crippen LogP contribution is -2.18. The van der Waals surface area contributed by atoms with Crippen LogP contribution >= 0.6 is 31.9 Å². The van der Waals surface area contributed by atoms with Gasteiger partial charge in [0.2, 0.25) is 0 Å². The highest BCUT2D eigenvalue weighted by molar-refractivity contribution is 9.11. The molecule has 1 saturated heterocycles. The Morgan fingerprint density at radius 2 is 1.69 bits per heavy atom. The number of nitro benzene ring substituents is 1. The Kier molecular flexibility index (Phi) is 3.49. The molecule has 0 bridgehead atoms. The maximum atomic E-state index is 10.7. The van der Waals surface area contributed by atoms with E-state index in [1.807, 2.05) is 0 Å². The Hall–Kier alpha value is -0.620. The van der Waals surface area contributed by atoms with E-state index in [1.165, 1.54) is 12.8 Å². The molecule has 1 fully saturated rings. The van der Waals surface area contributed by atoms with Crippen molar-refractivity contribution in [1.82, 2.24) is 0 Å². The van der Waals surface area contributed by atoms with Crippen LogP contribution in [-0.2, 0) is 0 Å². The number of hydrogen-bond acceptors (Lipinski definition) is 3. The van der Waals surface area contributed by atoms with Crippen molar-refractivity contribution in [1.29, 1.82) is 0 Å². The van der Waals surface area contributed by atoms with Gasteiger partial charge in [0.15, 0.2) is 0 Å². The lowest BCUT2D eigenvalue weighted by Gasteiger charge is -2.20. The zero-order valence-corrected chi connectivity index (χ0v) is 11.6. The first kappa shape index (κ1) is 11.9. The van der Waals surface area contributed by atoms with Gasteiger partial charge in [0.1, 0.15) is 0 Å². The highest BCUT2D eigenvalue weighted by Crippen LogP contribution is 2.39. The number of nitrogens with zero attached hydrogens (tertiary/aromatic N) is 2. The third kappa shape index (κ3) is 2.22. The molecule has 0 aliphatic carbocycles. The van der Waals surface area contributed by atoms with E-state index in [0.29, 0.717) is 0 Å². The Morgan fingerprint density at radius 1 is 1.19 bits per heavy atom. The van der Waals surface area contributed by atoms with E-state index in [2.05, 4.69) is 36.8 Å². The lowest BCUT2D eigenvalue weighted by atomic mass is 10.2. The molecule has 0 aromatic heterocycles. The quantitative estimate of drug-likeness (QED) is 0.603. The molecular formula is C10H10Br2N2O2. The van der Waals surface area contributed by atoms with Crippen molar-refractivity contribution in [3.05, 3.63) is 31.2 Å². The van der Waals surface area contributed by atoms with Crippen molar-refractivity contribution in [2.45, 2.75) is 12.8 Å². The normalized spacial score (nSPS) is 15.5. The van der Waals surface area contributed by atoms with Gasteiger partial charge in [0, 0.05) is 34.2 Å². The van der Waals surface area contributed by atoms with Crippen LogP contribution in [0, 0.1) is 10.1 Å². The van der Waals surface area contributed by atoms with Gasteiger partial charge in [-0.2, -0.15) is 0 Å². The largest absolute Gasteiger partial charge is 0.370 e. The molecule has 86 valence electrons. The second kappa shape index (κ2) is 4.71. The zero-order valence-electron chi connectivity index (χ0n) is 8.45. The standard InChI is InChI=1S/C10H10Br2N2O2/c11-8-5-7(14(15)16)6-9(12)10(8)13-3-1-2-4-13/h5-6H,1-4H2. The molecule has 1 aliphatic heterocycles. The molecule has 0 radical (unpaired) electrons. The van der Waals surface area contributed by atoms with Gasteiger partial charge in [-0.1, -0.05) is 0 Å². The molecule has 0 unspecified atom stereocenters. The summed E-state index contributed by atoms with van der Waals surface area (Å²) in [6.07, 6.45) is 2.35. The summed E-state index contributed by atoms with van der Waals surface area (Å²) in [6.45, 7) is 2.02. The number of hydrogen-bond donors (Lipinski definition) is 0. The van der Waals surface area contributed by atoms with Gasteiger partial charge < -0.3 is 4.90 Å². The van der Waals surface area contributed by atoms with Crippen molar-refractivity contribution >= 4 is 43.2 Å². The Balaban J connectivity index is 2.42. The molecule has 0 N–H and O–H groups in total. The lowest BCUT2D eigenvalue weighted by molar-refractivity contribution is -0.385. The molecule has 1 aliphatic rings. The minimum absolute atomic E-state index is 0.0988. The molecule has 6 heteroatoms. The van der Waals surface area contributed by atoms with Gasteiger partial charge in [-0.25, -0.2) is 0 Å². The molecule has 0 saturated carbocycles. The Morgan fingerprint density at radius 3 is 2.12 bits per heavy atom. The van der Waals surface area contributed by atoms with E-state index in [-0.39, 0.29) is 10.6 Å². The maximum absolute atomic E-state index is 10.7. The summed E-state index contributed by atoms with van der Waals surface area (Å²) < 4.78 is 1.55. The predicted octanol–water partition coefficient (Wildman–Crippen LogP) is 3.72. The SMILES string of the molecule is O=[N+]([O-])c1cc(Br)c(N2CCCC2)c(Br)c1. The van der Waals surface area contributed by atoms with Gasteiger partial charge in [-0.05, 0) is 44.7 Å². The average molecular weight is 350 g/mol. The van der Waals surface area contributed by atoms with Crippen molar-refractivity contribution in [3.8, 4) is 0 Å². The first-order valence-electron chi connectivity index (χ1n) is 4.98. The highest BCUT2D eigenvalue weighted by atomic mass is 79.9. The van der Waals surface area contributed by atoms with Crippen molar-refractivity contribution in [2.75, 3.05) is 18.0 Å². The van der Waals surface area contributed by atoms with Crippen LogP contribution in [-0.4, -0.2) is 18.0 Å². The van der Waals surface area contributed by atoms with E-state index in [9.17, 15) is 10.1 Å². The van der Waals surface area contributed by atoms with Crippen LogP contribution in [0.15, 0.2) is 21.1 Å². The second-order valence-corrected chi connectivity index (χ2v) is 5.42. The summed E-state index contributed by atoms with van der Waals surface area (Å²) in [5.74, 6) is 0. The number of anilines is 1. The predicted molar refractivity (Wildman–Crippen MR) is 69.9 cm³/mol. The minimum Gasteiger partial charge on any atom is -0.370 e. The fraction of sp³-hybridized carbons (Fsp3) is 0.400. The molecule has 16 heavy (non-hydrogen) atoms. The Bertz CT molecular complexity index is 408. The van der Waals surface area contributed by atoms with Gasteiger partial charge in [0.25, 0.3) is 5.69 Å². The molecule has 1 heterocycles. The minimum atomic E-state index is -0.386. The summed E-state index contributed by atoms with van der Waals surface area (Å²) in [5.41, 5.74) is 1.12. The zero-order chi connectivity index (χ0) is 11.7. The van der Waals surface area contributed by atoms with Crippen LogP contribution in [0.5, 0.6) is 0 Å². The molecule has 0 atom stereocenters. The number of non-ortho nitro benzene ring substituents is 1. The van der Waals surface area contributed by atoms with E-state index < -0.39 is 0 Å². The van der Waals surface area contributed by atoms with Gasteiger partial charge in [-0.3, -0.25) is 10.1 Å². The third-order valence-electron chi connectivity index (χ3n) is 2.63. The molecule has 0 spiro atoms. The van der Waals surface area contributed by atoms with Crippen LogP contribution in [0.4, 0.5) is 11.4 Å². The van der Waals surface area contributed by atoms with Crippen molar-refractivity contribution in [3.63, 3.8) is 0 Å². The molecule has 1 aromatic rings. The summed E-state index contributed by atoms with van der Waals surface area (Å²) in [6, 6.07) is 3.11. The first-order valence-corrected chi connectivity index (χ1v) is 6.56. The highest BCUT2D eigenvalue weighted by Gasteiger charge is 2.20. The molecule has 2 rings (SSSR count). The van der Waals surface area contributed by atoms with E-state index in [1.54, 1.807) is 12.1 Å². The maximum Gasteiger partial charge on any atom is 0.271 e. The smallest absolute Gasteiger partial charge is 0.271 e. The molecule has 0 amide bonds. The third-order valence-corrected chi connectivity index (χ3v) is 3.84.